The minimum absolute atomic E-state index is 0.0244. The highest BCUT2D eigenvalue weighted by Gasteiger charge is 2.41. The second-order valence-corrected chi connectivity index (χ2v) is 9.22. The monoisotopic (exact) mass is 399 g/mol. The van der Waals surface area contributed by atoms with Crippen LogP contribution in [0.1, 0.15) is 52.5 Å². The summed E-state index contributed by atoms with van der Waals surface area (Å²) in [6.45, 7) is 9.74. The number of hydrogen-bond donors (Lipinski definition) is 1. The third-order valence-electron chi connectivity index (χ3n) is 6.09. The molecule has 1 aromatic carbocycles. The van der Waals surface area contributed by atoms with E-state index in [-0.39, 0.29) is 35.1 Å². The predicted molar refractivity (Wildman–Crippen MR) is 113 cm³/mol. The van der Waals surface area contributed by atoms with E-state index in [1.165, 1.54) is 5.56 Å². The van der Waals surface area contributed by atoms with Crippen molar-refractivity contribution in [1.29, 1.82) is 0 Å². The molecule has 0 aliphatic carbocycles. The Labute approximate surface area is 173 Å². The molecule has 29 heavy (non-hydrogen) atoms. The highest BCUT2D eigenvalue weighted by atomic mass is 16.2. The molecule has 1 atom stereocenters. The van der Waals surface area contributed by atoms with Crippen molar-refractivity contribution in [1.82, 2.24) is 9.80 Å². The topological polar surface area (TPSA) is 69.7 Å². The number of aryl methyl sites for hydroxylation is 1. The van der Waals surface area contributed by atoms with Crippen LogP contribution in [0.5, 0.6) is 0 Å². The summed E-state index contributed by atoms with van der Waals surface area (Å²) in [5.41, 5.74) is 1.80. The van der Waals surface area contributed by atoms with Gasteiger partial charge in [-0.05, 0) is 57.7 Å². The van der Waals surface area contributed by atoms with Crippen LogP contribution in [0, 0.1) is 11.8 Å². The first-order valence-corrected chi connectivity index (χ1v) is 10.7. The first-order valence-electron chi connectivity index (χ1n) is 10.7. The van der Waals surface area contributed by atoms with Crippen LogP contribution in [-0.2, 0) is 20.8 Å². The molecule has 2 aliphatic heterocycles. The standard InChI is InChI=1S/C23H33N3O3/c1-5-16-6-8-19(9-7-16)24-21(28)17-10-12-25(13-11-17)22(29)18-14-20(27)26(15-18)23(2,3)4/h6-9,17-18H,5,10-15H2,1-4H3,(H,24,28). The van der Waals surface area contributed by atoms with Gasteiger partial charge in [0.25, 0.3) is 0 Å². The summed E-state index contributed by atoms with van der Waals surface area (Å²) in [5, 5.41) is 3.00. The van der Waals surface area contributed by atoms with E-state index in [9.17, 15) is 14.4 Å². The summed E-state index contributed by atoms with van der Waals surface area (Å²) in [6, 6.07) is 7.93. The van der Waals surface area contributed by atoms with E-state index in [1.807, 2.05) is 49.9 Å². The summed E-state index contributed by atoms with van der Waals surface area (Å²) in [4.78, 5) is 41.4. The van der Waals surface area contributed by atoms with Crippen LogP contribution in [0.3, 0.4) is 0 Å². The first kappa shape index (κ1) is 21.3. The third-order valence-corrected chi connectivity index (χ3v) is 6.09. The van der Waals surface area contributed by atoms with E-state index >= 15 is 0 Å². The van der Waals surface area contributed by atoms with Gasteiger partial charge in [0.1, 0.15) is 0 Å². The molecular formula is C23H33N3O3. The fraction of sp³-hybridized carbons (Fsp3) is 0.609. The second-order valence-electron chi connectivity index (χ2n) is 9.22. The van der Waals surface area contributed by atoms with Gasteiger partial charge in [-0.15, -0.1) is 0 Å². The minimum atomic E-state index is -0.260. The first-order chi connectivity index (χ1) is 13.7. The van der Waals surface area contributed by atoms with Crippen LogP contribution in [0.25, 0.3) is 0 Å². The van der Waals surface area contributed by atoms with Crippen molar-refractivity contribution in [3.8, 4) is 0 Å². The van der Waals surface area contributed by atoms with Crippen LogP contribution in [-0.4, -0.2) is 52.7 Å². The van der Waals surface area contributed by atoms with Crippen molar-refractivity contribution in [3.63, 3.8) is 0 Å². The van der Waals surface area contributed by atoms with Gasteiger partial charge in [-0.1, -0.05) is 19.1 Å². The summed E-state index contributed by atoms with van der Waals surface area (Å²) in [7, 11) is 0. The SMILES string of the molecule is CCc1ccc(NC(=O)C2CCN(C(=O)C3CC(=O)N(C(C)(C)C)C3)CC2)cc1. The number of nitrogens with one attached hydrogen (secondary N) is 1. The quantitative estimate of drug-likeness (QED) is 0.846. The highest BCUT2D eigenvalue weighted by Crippen LogP contribution is 2.29. The summed E-state index contributed by atoms with van der Waals surface area (Å²) < 4.78 is 0. The molecule has 158 valence electrons. The average molecular weight is 400 g/mol. The number of carbonyl (C=O) groups excluding carboxylic acids is 3. The number of nitrogens with zero attached hydrogens (tertiary/aromatic N) is 2. The van der Waals surface area contributed by atoms with Crippen molar-refractivity contribution < 1.29 is 14.4 Å². The Morgan fingerprint density at radius 2 is 1.69 bits per heavy atom. The molecule has 2 saturated heterocycles. The van der Waals surface area contributed by atoms with E-state index in [0.717, 1.165) is 12.1 Å². The molecule has 0 bridgehead atoms. The number of hydrogen-bond acceptors (Lipinski definition) is 3. The van der Waals surface area contributed by atoms with Gasteiger partial charge in [0, 0.05) is 43.2 Å². The molecule has 1 aromatic rings. The fourth-order valence-electron chi connectivity index (χ4n) is 4.21. The van der Waals surface area contributed by atoms with Crippen LogP contribution in [0.4, 0.5) is 5.69 Å². The predicted octanol–water partition coefficient (Wildman–Crippen LogP) is 3.07. The van der Waals surface area contributed by atoms with E-state index in [4.69, 9.17) is 0 Å². The lowest BCUT2D eigenvalue weighted by Gasteiger charge is -2.34. The maximum absolute atomic E-state index is 12.9. The molecule has 3 rings (SSSR count). The molecule has 2 heterocycles. The van der Waals surface area contributed by atoms with Crippen LogP contribution in [0.15, 0.2) is 24.3 Å². The van der Waals surface area contributed by atoms with E-state index < -0.39 is 0 Å². The summed E-state index contributed by atoms with van der Waals surface area (Å²) >= 11 is 0. The number of amides is 3. The van der Waals surface area contributed by atoms with Gasteiger partial charge in [-0.2, -0.15) is 0 Å². The molecule has 0 saturated carbocycles. The van der Waals surface area contributed by atoms with E-state index in [1.54, 1.807) is 4.90 Å². The summed E-state index contributed by atoms with van der Waals surface area (Å²) in [5.74, 6) is -0.208. The van der Waals surface area contributed by atoms with Crippen molar-refractivity contribution in [2.24, 2.45) is 11.8 Å². The minimum Gasteiger partial charge on any atom is -0.342 e. The third kappa shape index (κ3) is 4.98. The second kappa shape index (κ2) is 8.56. The lowest BCUT2D eigenvalue weighted by molar-refractivity contribution is -0.138. The number of piperidine rings is 1. The molecule has 1 N–H and O–H groups in total. The molecule has 0 radical (unpaired) electrons. The molecule has 3 amide bonds. The molecule has 1 unspecified atom stereocenters. The normalized spacial score (nSPS) is 20.8. The summed E-state index contributed by atoms with van der Waals surface area (Å²) in [6.07, 6.45) is 2.59. The highest BCUT2D eigenvalue weighted by molar-refractivity contribution is 5.93. The molecule has 2 fully saturated rings. The smallest absolute Gasteiger partial charge is 0.227 e. The number of anilines is 1. The Balaban J connectivity index is 1.50. The van der Waals surface area contributed by atoms with Gasteiger partial charge >= 0.3 is 0 Å². The Morgan fingerprint density at radius 3 is 2.21 bits per heavy atom. The van der Waals surface area contributed by atoms with Gasteiger partial charge in [-0.3, -0.25) is 14.4 Å². The van der Waals surface area contributed by atoms with Gasteiger partial charge in [0.2, 0.25) is 17.7 Å². The van der Waals surface area contributed by atoms with Crippen LogP contribution in [0.2, 0.25) is 0 Å². The van der Waals surface area contributed by atoms with Gasteiger partial charge in [0.05, 0.1) is 5.92 Å². The maximum atomic E-state index is 12.9. The van der Waals surface area contributed by atoms with Crippen LogP contribution >= 0.6 is 0 Å². The Morgan fingerprint density at radius 1 is 1.07 bits per heavy atom. The molecule has 6 nitrogen and oxygen atoms in total. The Hall–Kier alpha value is -2.37. The zero-order chi connectivity index (χ0) is 21.2. The molecule has 0 spiro atoms. The van der Waals surface area contributed by atoms with Crippen molar-refractivity contribution >= 4 is 23.4 Å². The molecule has 2 aliphatic rings. The van der Waals surface area contributed by atoms with Crippen LogP contribution < -0.4 is 5.32 Å². The van der Waals surface area contributed by atoms with Crippen molar-refractivity contribution in [2.45, 2.75) is 58.9 Å². The van der Waals surface area contributed by atoms with Crippen molar-refractivity contribution in [3.05, 3.63) is 29.8 Å². The molecule has 0 aromatic heterocycles. The number of carbonyl (C=O) groups is 3. The fourth-order valence-corrected chi connectivity index (χ4v) is 4.21. The lowest BCUT2D eigenvalue weighted by Crippen LogP contribution is -2.46. The largest absolute Gasteiger partial charge is 0.342 e. The van der Waals surface area contributed by atoms with Gasteiger partial charge < -0.3 is 15.1 Å². The number of benzene rings is 1. The van der Waals surface area contributed by atoms with Gasteiger partial charge in [-0.25, -0.2) is 0 Å². The van der Waals surface area contributed by atoms with Gasteiger partial charge in [0.15, 0.2) is 0 Å². The number of likely N-dealkylation sites (tertiary alicyclic amines) is 2. The zero-order valence-electron chi connectivity index (χ0n) is 18.0. The average Bonchev–Trinajstić information content (AvgIpc) is 3.10. The lowest BCUT2D eigenvalue weighted by atomic mass is 9.94. The zero-order valence-corrected chi connectivity index (χ0v) is 18.0. The van der Waals surface area contributed by atoms with E-state index in [2.05, 4.69) is 12.2 Å². The van der Waals surface area contributed by atoms with Crippen molar-refractivity contribution in [2.75, 3.05) is 25.0 Å². The molecule has 6 heteroatoms. The Bertz CT molecular complexity index is 759. The van der Waals surface area contributed by atoms with E-state index in [0.29, 0.717) is 38.9 Å². The maximum Gasteiger partial charge on any atom is 0.227 e. The number of rotatable bonds is 4. The Kier molecular flexibility index (Phi) is 6.30. The molecular weight excluding hydrogens is 366 g/mol.